The number of amides is 3. The first kappa shape index (κ1) is 22.4. The molecule has 0 atom stereocenters. The van der Waals surface area contributed by atoms with Gasteiger partial charge >= 0.3 is 0 Å². The summed E-state index contributed by atoms with van der Waals surface area (Å²) in [6.45, 7) is -0.825. The van der Waals surface area contributed by atoms with Crippen LogP contribution in [0.1, 0.15) is 10.4 Å². The van der Waals surface area contributed by atoms with Crippen LogP contribution < -0.4 is 20.9 Å². The van der Waals surface area contributed by atoms with Crippen molar-refractivity contribution in [2.45, 2.75) is 0 Å². The summed E-state index contributed by atoms with van der Waals surface area (Å²) in [7, 11) is 0. The maximum Gasteiger partial charge on any atom is 0.269 e. The van der Waals surface area contributed by atoms with E-state index in [1.807, 2.05) is 30.3 Å². The number of carbonyl (C=O) groups excluding carboxylic acids is 3. The standard InChI is InChI=1S/C23H20FN3O5/c24-17-6-4-5-16(13-17)23(30)27-26-22(29)15-31-14-21(28)25-18-9-11-20(12-10-18)32-19-7-2-1-3-8-19/h1-13H,14-15H2,(H,25,28)(H,26,29)(H,27,30). The van der Waals surface area contributed by atoms with Crippen LogP contribution in [0.3, 0.4) is 0 Å². The van der Waals surface area contributed by atoms with Crippen LogP contribution >= 0.6 is 0 Å². The van der Waals surface area contributed by atoms with Gasteiger partial charge in [0.05, 0.1) is 0 Å². The number of anilines is 1. The van der Waals surface area contributed by atoms with Gasteiger partial charge < -0.3 is 14.8 Å². The summed E-state index contributed by atoms with van der Waals surface area (Å²) in [5.74, 6) is -1.08. The Labute approximate surface area is 183 Å². The van der Waals surface area contributed by atoms with Crippen molar-refractivity contribution in [1.29, 1.82) is 0 Å². The van der Waals surface area contributed by atoms with E-state index in [1.54, 1.807) is 24.3 Å². The molecule has 0 aliphatic rings. The maximum atomic E-state index is 13.1. The van der Waals surface area contributed by atoms with Gasteiger partial charge in [-0.05, 0) is 54.6 Å². The molecule has 3 N–H and O–H groups in total. The van der Waals surface area contributed by atoms with Crippen molar-refractivity contribution < 1.29 is 28.2 Å². The highest BCUT2D eigenvalue weighted by Gasteiger charge is 2.09. The lowest BCUT2D eigenvalue weighted by Gasteiger charge is -2.09. The van der Waals surface area contributed by atoms with Crippen LogP contribution in [0.4, 0.5) is 10.1 Å². The third-order valence-corrected chi connectivity index (χ3v) is 3.99. The molecule has 8 nitrogen and oxygen atoms in total. The minimum atomic E-state index is -0.685. The third-order valence-electron chi connectivity index (χ3n) is 3.99. The summed E-state index contributed by atoms with van der Waals surface area (Å²) < 4.78 is 23.8. The molecule has 3 aromatic carbocycles. The van der Waals surface area contributed by atoms with Crippen LogP contribution in [0.2, 0.25) is 0 Å². The van der Waals surface area contributed by atoms with Crippen molar-refractivity contribution in [1.82, 2.24) is 10.9 Å². The molecule has 3 aromatic rings. The molecule has 0 saturated carbocycles. The Bertz CT molecular complexity index is 1070. The van der Waals surface area contributed by atoms with Gasteiger partial charge in [-0.2, -0.15) is 0 Å². The second-order valence-corrected chi connectivity index (χ2v) is 6.49. The van der Waals surface area contributed by atoms with Gasteiger partial charge in [-0.15, -0.1) is 0 Å². The summed E-state index contributed by atoms with van der Waals surface area (Å²) in [6.07, 6.45) is 0. The Morgan fingerprint density at radius 2 is 1.44 bits per heavy atom. The highest BCUT2D eigenvalue weighted by atomic mass is 19.1. The predicted molar refractivity (Wildman–Crippen MR) is 114 cm³/mol. The Kier molecular flexibility index (Phi) is 7.88. The van der Waals surface area contributed by atoms with Gasteiger partial charge in [0.2, 0.25) is 5.91 Å². The molecular formula is C23H20FN3O5. The number of halogens is 1. The molecule has 0 radical (unpaired) electrons. The Morgan fingerprint density at radius 1 is 0.750 bits per heavy atom. The lowest BCUT2D eigenvalue weighted by Crippen LogP contribution is -2.43. The van der Waals surface area contributed by atoms with E-state index in [0.717, 1.165) is 6.07 Å². The van der Waals surface area contributed by atoms with Crippen molar-refractivity contribution in [3.63, 3.8) is 0 Å². The highest BCUT2D eigenvalue weighted by molar-refractivity contribution is 5.95. The Hall–Kier alpha value is -4.24. The van der Waals surface area contributed by atoms with Crippen LogP contribution in [0, 0.1) is 5.82 Å². The van der Waals surface area contributed by atoms with Crippen molar-refractivity contribution in [2.75, 3.05) is 18.5 Å². The first-order chi connectivity index (χ1) is 15.5. The quantitative estimate of drug-likeness (QED) is 0.470. The molecule has 9 heteroatoms. The zero-order chi connectivity index (χ0) is 22.8. The number of carbonyl (C=O) groups is 3. The molecule has 0 aliphatic heterocycles. The molecule has 164 valence electrons. The molecule has 0 aliphatic carbocycles. The van der Waals surface area contributed by atoms with Crippen LogP contribution in [0.25, 0.3) is 0 Å². The lowest BCUT2D eigenvalue weighted by atomic mass is 10.2. The SMILES string of the molecule is O=C(COCC(=O)Nc1ccc(Oc2ccccc2)cc1)NNC(=O)c1cccc(F)c1. The minimum absolute atomic E-state index is 0.0470. The Morgan fingerprint density at radius 3 is 2.16 bits per heavy atom. The van der Waals surface area contributed by atoms with Crippen molar-refractivity contribution >= 4 is 23.4 Å². The van der Waals surface area contributed by atoms with Gasteiger partial charge in [0, 0.05) is 11.3 Å². The topological polar surface area (TPSA) is 106 Å². The molecule has 0 unspecified atom stereocenters. The summed E-state index contributed by atoms with van der Waals surface area (Å²) in [5.41, 5.74) is 4.83. The molecule has 0 fully saturated rings. The Balaban J connectivity index is 1.34. The average molecular weight is 437 g/mol. The minimum Gasteiger partial charge on any atom is -0.457 e. The fourth-order valence-corrected chi connectivity index (χ4v) is 2.53. The third kappa shape index (κ3) is 7.22. The predicted octanol–water partition coefficient (Wildman–Crippen LogP) is 3.03. The van der Waals surface area contributed by atoms with E-state index in [9.17, 15) is 18.8 Å². The van der Waals surface area contributed by atoms with Gasteiger partial charge in [0.15, 0.2) is 0 Å². The molecule has 3 amide bonds. The van der Waals surface area contributed by atoms with E-state index in [1.165, 1.54) is 18.2 Å². The van der Waals surface area contributed by atoms with E-state index < -0.39 is 30.1 Å². The molecular weight excluding hydrogens is 417 g/mol. The maximum absolute atomic E-state index is 13.1. The zero-order valence-corrected chi connectivity index (χ0v) is 16.8. The lowest BCUT2D eigenvalue weighted by molar-refractivity contribution is -0.129. The average Bonchev–Trinajstić information content (AvgIpc) is 2.79. The number of hydrazine groups is 1. The first-order valence-electron chi connectivity index (χ1n) is 9.55. The van der Waals surface area contributed by atoms with Crippen molar-refractivity contribution in [3.8, 4) is 11.5 Å². The van der Waals surface area contributed by atoms with E-state index in [2.05, 4.69) is 16.2 Å². The number of hydrogen-bond acceptors (Lipinski definition) is 5. The number of benzene rings is 3. The number of hydrogen-bond donors (Lipinski definition) is 3. The molecule has 32 heavy (non-hydrogen) atoms. The normalized spacial score (nSPS) is 10.2. The van der Waals surface area contributed by atoms with Gasteiger partial charge in [0.1, 0.15) is 30.5 Å². The molecule has 0 heterocycles. The fourth-order valence-electron chi connectivity index (χ4n) is 2.53. The number of ether oxygens (including phenoxy) is 2. The zero-order valence-electron chi connectivity index (χ0n) is 16.8. The second kappa shape index (κ2) is 11.2. The van der Waals surface area contributed by atoms with E-state index >= 15 is 0 Å². The van der Waals surface area contributed by atoms with Crippen molar-refractivity contribution in [2.24, 2.45) is 0 Å². The molecule has 0 bridgehead atoms. The summed E-state index contributed by atoms with van der Waals surface area (Å²) in [5, 5.41) is 2.63. The smallest absolute Gasteiger partial charge is 0.269 e. The summed E-state index contributed by atoms with van der Waals surface area (Å²) in [6, 6.07) is 21.0. The van der Waals surface area contributed by atoms with Gasteiger partial charge in [-0.3, -0.25) is 25.2 Å². The highest BCUT2D eigenvalue weighted by Crippen LogP contribution is 2.22. The number of para-hydroxylation sites is 1. The van der Waals surface area contributed by atoms with Gasteiger partial charge in [0.25, 0.3) is 11.8 Å². The van der Waals surface area contributed by atoms with E-state index in [-0.39, 0.29) is 12.2 Å². The van der Waals surface area contributed by atoms with Crippen LogP contribution in [-0.4, -0.2) is 30.9 Å². The fraction of sp³-hybridized carbons (Fsp3) is 0.0870. The number of rotatable bonds is 8. The van der Waals surface area contributed by atoms with Gasteiger partial charge in [-0.1, -0.05) is 24.3 Å². The van der Waals surface area contributed by atoms with Crippen LogP contribution in [0.15, 0.2) is 78.9 Å². The summed E-state index contributed by atoms with van der Waals surface area (Å²) in [4.78, 5) is 35.5. The summed E-state index contributed by atoms with van der Waals surface area (Å²) >= 11 is 0. The largest absolute Gasteiger partial charge is 0.457 e. The molecule has 0 spiro atoms. The first-order valence-corrected chi connectivity index (χ1v) is 9.55. The van der Waals surface area contributed by atoms with Gasteiger partial charge in [-0.25, -0.2) is 4.39 Å². The van der Waals surface area contributed by atoms with E-state index in [0.29, 0.717) is 17.2 Å². The van der Waals surface area contributed by atoms with Crippen molar-refractivity contribution in [3.05, 3.63) is 90.2 Å². The molecule has 0 aromatic heterocycles. The monoisotopic (exact) mass is 437 g/mol. The van der Waals surface area contributed by atoms with Crippen LogP contribution in [-0.2, 0) is 14.3 Å². The second-order valence-electron chi connectivity index (χ2n) is 6.49. The van der Waals surface area contributed by atoms with E-state index in [4.69, 9.17) is 9.47 Å². The number of nitrogens with one attached hydrogen (secondary N) is 3. The van der Waals surface area contributed by atoms with Crippen LogP contribution in [0.5, 0.6) is 11.5 Å². The molecule has 0 saturated heterocycles. The molecule has 3 rings (SSSR count).